The molecule has 1 fully saturated rings. The first-order valence-electron chi connectivity index (χ1n) is 6.01. The monoisotopic (exact) mass is 285 g/mol. The molecule has 1 aromatic rings. The number of hydrogen-bond acceptors (Lipinski definition) is 7. The highest BCUT2D eigenvalue weighted by Crippen LogP contribution is 2.30. The SMILES string of the molecule is C[C@H]1O[C@@H](Oc2ccccc2[N+](=O)[O-])[C@H](O)[C@H](O)[C@H]1O. The summed E-state index contributed by atoms with van der Waals surface area (Å²) in [6.07, 6.45) is -6.30. The molecule has 0 spiro atoms. The van der Waals surface area contributed by atoms with Crippen molar-refractivity contribution in [3.8, 4) is 5.75 Å². The molecule has 1 aromatic carbocycles. The van der Waals surface area contributed by atoms with Gasteiger partial charge < -0.3 is 24.8 Å². The summed E-state index contributed by atoms with van der Waals surface area (Å²) in [7, 11) is 0. The first-order chi connectivity index (χ1) is 9.41. The van der Waals surface area contributed by atoms with Crippen LogP contribution in [0.3, 0.4) is 0 Å². The predicted molar refractivity (Wildman–Crippen MR) is 66.1 cm³/mol. The van der Waals surface area contributed by atoms with E-state index in [0.29, 0.717) is 0 Å². The third kappa shape index (κ3) is 2.73. The molecule has 2 rings (SSSR count). The molecule has 8 heteroatoms. The molecule has 1 saturated heterocycles. The maximum absolute atomic E-state index is 10.9. The van der Waals surface area contributed by atoms with Crippen molar-refractivity contribution >= 4 is 5.69 Å². The topological polar surface area (TPSA) is 122 Å². The van der Waals surface area contributed by atoms with Crippen LogP contribution in [-0.2, 0) is 4.74 Å². The van der Waals surface area contributed by atoms with Crippen LogP contribution in [0.25, 0.3) is 0 Å². The number of hydrogen-bond donors (Lipinski definition) is 3. The Labute approximate surface area is 114 Å². The Morgan fingerprint density at radius 1 is 1.20 bits per heavy atom. The summed E-state index contributed by atoms with van der Waals surface area (Å²) >= 11 is 0. The van der Waals surface area contributed by atoms with E-state index in [1.165, 1.54) is 31.2 Å². The Morgan fingerprint density at radius 3 is 2.50 bits per heavy atom. The van der Waals surface area contributed by atoms with E-state index >= 15 is 0 Å². The molecule has 1 heterocycles. The van der Waals surface area contributed by atoms with Crippen molar-refractivity contribution in [1.29, 1.82) is 0 Å². The van der Waals surface area contributed by atoms with Gasteiger partial charge in [0.1, 0.15) is 18.3 Å². The number of nitro groups is 1. The van der Waals surface area contributed by atoms with E-state index in [2.05, 4.69) is 0 Å². The zero-order chi connectivity index (χ0) is 14.9. The van der Waals surface area contributed by atoms with Gasteiger partial charge in [0, 0.05) is 6.07 Å². The molecule has 0 aromatic heterocycles. The van der Waals surface area contributed by atoms with E-state index in [4.69, 9.17) is 9.47 Å². The van der Waals surface area contributed by atoms with Crippen molar-refractivity contribution in [2.24, 2.45) is 0 Å². The van der Waals surface area contributed by atoms with Gasteiger partial charge in [0.05, 0.1) is 11.0 Å². The minimum absolute atomic E-state index is 0.0858. The molecular formula is C12H15NO7. The van der Waals surface area contributed by atoms with Crippen LogP contribution in [-0.4, -0.2) is 50.9 Å². The predicted octanol–water partition coefficient (Wildman–Crippen LogP) is -0.199. The Balaban J connectivity index is 2.20. The van der Waals surface area contributed by atoms with Gasteiger partial charge in [0.25, 0.3) is 0 Å². The van der Waals surface area contributed by atoms with Gasteiger partial charge in [-0.3, -0.25) is 10.1 Å². The van der Waals surface area contributed by atoms with Gasteiger partial charge in [-0.1, -0.05) is 12.1 Å². The van der Waals surface area contributed by atoms with Gasteiger partial charge in [-0.05, 0) is 13.0 Å². The average molecular weight is 285 g/mol. The number of nitro benzene ring substituents is 1. The van der Waals surface area contributed by atoms with Crippen LogP contribution in [0.4, 0.5) is 5.69 Å². The molecule has 20 heavy (non-hydrogen) atoms. The first-order valence-corrected chi connectivity index (χ1v) is 6.01. The second-order valence-corrected chi connectivity index (χ2v) is 4.52. The van der Waals surface area contributed by atoms with Crippen LogP contribution in [0.5, 0.6) is 5.75 Å². The van der Waals surface area contributed by atoms with Gasteiger partial charge in [-0.25, -0.2) is 0 Å². The number of rotatable bonds is 3. The molecule has 0 amide bonds. The maximum atomic E-state index is 10.9. The van der Waals surface area contributed by atoms with Gasteiger partial charge in [0.15, 0.2) is 5.75 Å². The lowest BCUT2D eigenvalue weighted by Crippen LogP contribution is -2.58. The van der Waals surface area contributed by atoms with Crippen LogP contribution < -0.4 is 4.74 Å². The summed E-state index contributed by atoms with van der Waals surface area (Å²) in [4.78, 5) is 10.2. The van der Waals surface area contributed by atoms with Crippen molar-refractivity contribution in [1.82, 2.24) is 0 Å². The fraction of sp³-hybridized carbons (Fsp3) is 0.500. The van der Waals surface area contributed by atoms with Crippen molar-refractivity contribution < 1.29 is 29.7 Å². The Hall–Kier alpha value is -1.74. The molecule has 1 aliphatic rings. The van der Waals surface area contributed by atoms with E-state index in [1.54, 1.807) is 0 Å². The summed E-state index contributed by atoms with van der Waals surface area (Å²) in [6, 6.07) is 5.62. The lowest BCUT2D eigenvalue weighted by atomic mass is 10.00. The fourth-order valence-electron chi connectivity index (χ4n) is 1.94. The molecule has 0 bridgehead atoms. The van der Waals surface area contributed by atoms with E-state index in [1.807, 2.05) is 0 Å². The van der Waals surface area contributed by atoms with Gasteiger partial charge in [0.2, 0.25) is 6.29 Å². The average Bonchev–Trinajstić information content (AvgIpc) is 2.43. The van der Waals surface area contributed by atoms with Crippen molar-refractivity contribution in [2.75, 3.05) is 0 Å². The second kappa shape index (κ2) is 5.71. The van der Waals surface area contributed by atoms with Crippen LogP contribution in [0.15, 0.2) is 24.3 Å². The molecule has 0 radical (unpaired) electrons. The number of aliphatic hydroxyl groups is 3. The number of nitrogens with zero attached hydrogens (tertiary/aromatic N) is 1. The zero-order valence-corrected chi connectivity index (χ0v) is 10.6. The third-order valence-corrected chi connectivity index (χ3v) is 3.11. The molecule has 1 aliphatic heterocycles. The molecule has 8 nitrogen and oxygen atoms in total. The molecule has 110 valence electrons. The van der Waals surface area contributed by atoms with Gasteiger partial charge in [-0.2, -0.15) is 0 Å². The first kappa shape index (κ1) is 14.7. The summed E-state index contributed by atoms with van der Waals surface area (Å²) in [5, 5.41) is 39.8. The standard InChI is InChI=1S/C12H15NO7/c1-6-9(14)10(15)11(16)12(19-6)20-8-5-3-2-4-7(8)13(17)18/h2-6,9-12,14-16H,1H3/t6-,9+,10-,11-,12+/m1/s1. The smallest absolute Gasteiger partial charge is 0.311 e. The highest BCUT2D eigenvalue weighted by Gasteiger charge is 2.43. The highest BCUT2D eigenvalue weighted by atomic mass is 16.7. The Bertz CT molecular complexity index is 494. The summed E-state index contributed by atoms with van der Waals surface area (Å²) < 4.78 is 10.5. The van der Waals surface area contributed by atoms with E-state index < -0.39 is 35.6 Å². The van der Waals surface area contributed by atoms with Crippen LogP contribution in [0, 0.1) is 10.1 Å². The minimum Gasteiger partial charge on any atom is -0.455 e. The van der Waals surface area contributed by atoms with E-state index in [9.17, 15) is 25.4 Å². The number of ether oxygens (including phenoxy) is 2. The van der Waals surface area contributed by atoms with E-state index in [0.717, 1.165) is 0 Å². The second-order valence-electron chi connectivity index (χ2n) is 4.52. The Kier molecular flexibility index (Phi) is 4.19. The molecule has 3 N–H and O–H groups in total. The fourth-order valence-corrected chi connectivity index (χ4v) is 1.94. The van der Waals surface area contributed by atoms with Crippen molar-refractivity contribution in [3.05, 3.63) is 34.4 Å². The maximum Gasteiger partial charge on any atom is 0.311 e. The molecule has 0 saturated carbocycles. The molecule has 0 aliphatic carbocycles. The van der Waals surface area contributed by atoms with Gasteiger partial charge in [-0.15, -0.1) is 0 Å². The zero-order valence-electron chi connectivity index (χ0n) is 10.6. The normalized spacial score (nSPS) is 33.7. The summed E-state index contributed by atoms with van der Waals surface area (Å²) in [5.74, 6) is -0.0858. The molecular weight excluding hydrogens is 270 g/mol. The van der Waals surface area contributed by atoms with Gasteiger partial charge >= 0.3 is 5.69 Å². The summed E-state index contributed by atoms with van der Waals surface area (Å²) in [5.41, 5.74) is -0.281. The summed E-state index contributed by atoms with van der Waals surface area (Å²) in [6.45, 7) is 1.50. The van der Waals surface area contributed by atoms with Crippen molar-refractivity contribution in [2.45, 2.75) is 37.6 Å². The van der Waals surface area contributed by atoms with Crippen LogP contribution in [0.2, 0.25) is 0 Å². The molecule has 5 atom stereocenters. The van der Waals surface area contributed by atoms with Crippen molar-refractivity contribution in [3.63, 3.8) is 0 Å². The number of benzene rings is 1. The highest BCUT2D eigenvalue weighted by molar-refractivity contribution is 5.45. The lowest BCUT2D eigenvalue weighted by Gasteiger charge is -2.38. The third-order valence-electron chi connectivity index (χ3n) is 3.11. The largest absolute Gasteiger partial charge is 0.455 e. The molecule has 0 unspecified atom stereocenters. The van der Waals surface area contributed by atoms with E-state index in [-0.39, 0.29) is 11.4 Å². The Morgan fingerprint density at radius 2 is 1.85 bits per heavy atom. The number of aliphatic hydroxyl groups excluding tert-OH is 3. The number of para-hydroxylation sites is 2. The lowest BCUT2D eigenvalue weighted by molar-refractivity contribution is -0.387. The van der Waals surface area contributed by atoms with Crippen LogP contribution in [0.1, 0.15) is 6.92 Å². The van der Waals surface area contributed by atoms with Crippen LogP contribution >= 0.6 is 0 Å². The quantitative estimate of drug-likeness (QED) is 0.519. The minimum atomic E-state index is -1.51.